The molecule has 7 rings (SSSR count). The summed E-state index contributed by atoms with van der Waals surface area (Å²) in [5, 5.41) is 7.80. The normalized spacial score (nSPS) is 27.5. The Kier molecular flexibility index (Phi) is 5.28. The number of carbonyl (C=O) groups excluding carboxylic acids is 1. The molecule has 4 bridgehead atoms. The van der Waals surface area contributed by atoms with Crippen molar-refractivity contribution in [1.82, 2.24) is 9.78 Å². The number of hydrogen-bond donors (Lipinski definition) is 1. The minimum absolute atomic E-state index is 0.134. The highest BCUT2D eigenvalue weighted by atomic mass is 79.9. The van der Waals surface area contributed by atoms with E-state index < -0.39 is 0 Å². The highest BCUT2D eigenvalue weighted by Gasteiger charge is 2.52. The van der Waals surface area contributed by atoms with Crippen LogP contribution in [0, 0.1) is 17.8 Å². The van der Waals surface area contributed by atoms with Gasteiger partial charge in [0.1, 0.15) is 12.4 Å². The lowest BCUT2D eigenvalue weighted by Gasteiger charge is -2.56. The monoisotopic (exact) mass is 505 g/mol. The van der Waals surface area contributed by atoms with Gasteiger partial charge in [0.2, 0.25) is 0 Å². The summed E-state index contributed by atoms with van der Waals surface area (Å²) in [7, 11) is 0. The van der Waals surface area contributed by atoms with Crippen molar-refractivity contribution in [1.29, 1.82) is 0 Å². The Morgan fingerprint density at radius 3 is 2.39 bits per heavy atom. The fourth-order valence-electron chi connectivity index (χ4n) is 6.66. The molecule has 0 spiro atoms. The quantitative estimate of drug-likeness (QED) is 0.421. The van der Waals surface area contributed by atoms with Gasteiger partial charge in [-0.15, -0.1) is 0 Å². The molecule has 4 saturated carbocycles. The van der Waals surface area contributed by atoms with Crippen LogP contribution in [0.15, 0.2) is 65.3 Å². The average molecular weight is 506 g/mol. The average Bonchev–Trinajstić information content (AvgIpc) is 3.27. The van der Waals surface area contributed by atoms with E-state index in [1.165, 1.54) is 38.5 Å². The molecule has 0 atom stereocenters. The predicted octanol–water partition coefficient (Wildman–Crippen LogP) is 6.40. The van der Waals surface area contributed by atoms with Gasteiger partial charge in [0, 0.05) is 22.3 Å². The molecule has 6 heteroatoms. The Morgan fingerprint density at radius 1 is 1.03 bits per heavy atom. The van der Waals surface area contributed by atoms with Crippen LogP contribution < -0.4 is 10.1 Å². The zero-order valence-electron chi connectivity index (χ0n) is 18.5. The Morgan fingerprint density at radius 2 is 1.73 bits per heavy atom. The summed E-state index contributed by atoms with van der Waals surface area (Å²) >= 11 is 3.45. The van der Waals surface area contributed by atoms with Crippen LogP contribution in [0.2, 0.25) is 0 Å². The van der Waals surface area contributed by atoms with Crippen LogP contribution in [0.3, 0.4) is 0 Å². The van der Waals surface area contributed by atoms with Gasteiger partial charge in [-0.25, -0.2) is 0 Å². The van der Waals surface area contributed by atoms with Crippen molar-refractivity contribution < 1.29 is 9.53 Å². The molecule has 2 aromatic carbocycles. The van der Waals surface area contributed by atoms with Crippen molar-refractivity contribution in [3.8, 4) is 5.75 Å². The van der Waals surface area contributed by atoms with Crippen LogP contribution in [0.5, 0.6) is 5.75 Å². The molecule has 5 nitrogen and oxygen atoms in total. The first-order valence-electron chi connectivity index (χ1n) is 11.9. The molecule has 4 fully saturated rings. The maximum atomic E-state index is 12.8. The molecule has 1 aromatic heterocycles. The van der Waals surface area contributed by atoms with E-state index in [9.17, 15) is 4.79 Å². The number of rotatable bonds is 6. The zero-order valence-corrected chi connectivity index (χ0v) is 20.1. The van der Waals surface area contributed by atoms with E-state index in [-0.39, 0.29) is 11.4 Å². The number of nitrogens with zero attached hydrogens (tertiary/aromatic N) is 2. The van der Waals surface area contributed by atoms with E-state index >= 15 is 0 Å². The molecular formula is C27H28BrN3O2. The molecule has 1 heterocycles. The lowest BCUT2D eigenvalue weighted by molar-refractivity contribution is -0.0492. The topological polar surface area (TPSA) is 56.2 Å². The second-order valence-electron chi connectivity index (χ2n) is 10.2. The lowest BCUT2D eigenvalue weighted by Crippen LogP contribution is -2.52. The van der Waals surface area contributed by atoms with Gasteiger partial charge in [0.05, 0.1) is 5.54 Å². The van der Waals surface area contributed by atoms with Gasteiger partial charge in [0.15, 0.2) is 5.82 Å². The Balaban J connectivity index is 1.09. The summed E-state index contributed by atoms with van der Waals surface area (Å²) in [5.41, 5.74) is 1.80. The first-order valence-corrected chi connectivity index (χ1v) is 12.7. The van der Waals surface area contributed by atoms with Crippen molar-refractivity contribution in [2.24, 2.45) is 17.8 Å². The summed E-state index contributed by atoms with van der Waals surface area (Å²) in [6.07, 6.45) is 10.0. The van der Waals surface area contributed by atoms with Crippen LogP contribution in [0.1, 0.15) is 54.4 Å². The van der Waals surface area contributed by atoms with Crippen molar-refractivity contribution in [3.63, 3.8) is 0 Å². The lowest BCUT2D eigenvalue weighted by atomic mass is 9.53. The van der Waals surface area contributed by atoms with Crippen molar-refractivity contribution in [2.75, 3.05) is 5.32 Å². The smallest absolute Gasteiger partial charge is 0.256 e. The fourth-order valence-corrected chi connectivity index (χ4v) is 7.04. The number of aromatic nitrogens is 2. The second kappa shape index (κ2) is 8.32. The summed E-state index contributed by atoms with van der Waals surface area (Å²) in [6, 6.07) is 17.2. The standard InChI is InChI=1S/C27H28BrN3O2/c28-23-2-1-3-24(13-23)33-17-18-4-6-22(7-5-18)26(32)29-25-8-9-31(30-25)27-14-19-10-20(15-27)12-21(11-19)16-27/h1-9,13,19-21H,10-12,14-17H2,(H,29,30,32). The molecule has 1 amide bonds. The molecule has 0 unspecified atom stereocenters. The first kappa shape index (κ1) is 21.0. The number of nitrogens with one attached hydrogen (secondary N) is 1. The number of amides is 1. The highest BCUT2D eigenvalue weighted by molar-refractivity contribution is 9.10. The fraction of sp³-hybridized carbons (Fsp3) is 0.407. The molecule has 4 aliphatic rings. The molecule has 0 aliphatic heterocycles. The zero-order chi connectivity index (χ0) is 22.4. The van der Waals surface area contributed by atoms with Gasteiger partial charge in [-0.05, 0) is 92.2 Å². The molecule has 33 heavy (non-hydrogen) atoms. The van der Waals surface area contributed by atoms with Crippen molar-refractivity contribution >= 4 is 27.7 Å². The van der Waals surface area contributed by atoms with E-state index in [1.807, 2.05) is 54.6 Å². The van der Waals surface area contributed by atoms with Gasteiger partial charge in [-0.2, -0.15) is 5.10 Å². The van der Waals surface area contributed by atoms with Crippen molar-refractivity contribution in [3.05, 3.63) is 76.4 Å². The summed E-state index contributed by atoms with van der Waals surface area (Å²) < 4.78 is 8.99. The molecule has 3 aromatic rings. The number of benzene rings is 2. The minimum atomic E-state index is -0.134. The van der Waals surface area contributed by atoms with Crippen LogP contribution in [0.25, 0.3) is 0 Å². The van der Waals surface area contributed by atoms with Gasteiger partial charge in [0.25, 0.3) is 5.91 Å². The number of hydrogen-bond acceptors (Lipinski definition) is 3. The molecule has 0 saturated heterocycles. The van der Waals surface area contributed by atoms with Crippen LogP contribution in [-0.4, -0.2) is 15.7 Å². The molecular weight excluding hydrogens is 478 g/mol. The minimum Gasteiger partial charge on any atom is -0.489 e. The molecule has 170 valence electrons. The molecule has 0 radical (unpaired) electrons. The SMILES string of the molecule is O=C(Nc1ccn(C23CC4CC(CC(C4)C2)C3)n1)c1ccc(COc2cccc(Br)c2)cc1. The maximum Gasteiger partial charge on any atom is 0.256 e. The number of anilines is 1. The number of carbonyl (C=O) groups is 1. The van der Waals surface area contributed by atoms with E-state index in [1.54, 1.807) is 0 Å². The van der Waals surface area contributed by atoms with E-state index in [4.69, 9.17) is 9.84 Å². The van der Waals surface area contributed by atoms with Gasteiger partial charge < -0.3 is 10.1 Å². The largest absolute Gasteiger partial charge is 0.489 e. The van der Waals surface area contributed by atoms with Gasteiger partial charge in [-0.3, -0.25) is 9.48 Å². The molecule has 1 N–H and O–H groups in total. The maximum absolute atomic E-state index is 12.8. The number of ether oxygens (including phenoxy) is 1. The highest BCUT2D eigenvalue weighted by Crippen LogP contribution is 2.58. The molecule has 4 aliphatic carbocycles. The Labute approximate surface area is 202 Å². The third kappa shape index (κ3) is 4.21. The van der Waals surface area contributed by atoms with Crippen molar-refractivity contribution in [2.45, 2.75) is 50.7 Å². The third-order valence-electron chi connectivity index (χ3n) is 7.74. The van der Waals surface area contributed by atoms with Crippen LogP contribution >= 0.6 is 15.9 Å². The summed E-state index contributed by atoms with van der Waals surface area (Å²) in [6.45, 7) is 0.452. The third-order valence-corrected chi connectivity index (χ3v) is 8.23. The van der Waals surface area contributed by atoms with E-state index in [2.05, 4.69) is 32.1 Å². The van der Waals surface area contributed by atoms with Crippen LogP contribution in [-0.2, 0) is 12.1 Å². The number of halogens is 1. The Bertz CT molecular complexity index is 1130. The van der Waals surface area contributed by atoms with Crippen LogP contribution in [0.4, 0.5) is 5.82 Å². The second-order valence-corrected chi connectivity index (χ2v) is 11.1. The van der Waals surface area contributed by atoms with E-state index in [0.29, 0.717) is 18.0 Å². The predicted molar refractivity (Wildman–Crippen MR) is 131 cm³/mol. The Hall–Kier alpha value is -2.60. The summed E-state index contributed by atoms with van der Waals surface area (Å²) in [5.74, 6) is 3.90. The summed E-state index contributed by atoms with van der Waals surface area (Å²) in [4.78, 5) is 12.8. The first-order chi connectivity index (χ1) is 16.0. The van der Waals surface area contributed by atoms with Gasteiger partial charge >= 0.3 is 0 Å². The van der Waals surface area contributed by atoms with E-state index in [0.717, 1.165) is 33.5 Å². The van der Waals surface area contributed by atoms with Gasteiger partial charge in [-0.1, -0.05) is 34.1 Å².